The molecule has 1 aliphatic heterocycles. The lowest BCUT2D eigenvalue weighted by atomic mass is 10.1. The second-order valence-corrected chi connectivity index (χ2v) is 9.49. The van der Waals surface area contributed by atoms with Gasteiger partial charge < -0.3 is 29.1 Å². The Morgan fingerprint density at radius 2 is 1.30 bits per heavy atom. The van der Waals surface area contributed by atoms with Crippen LogP contribution in [0.5, 0.6) is 0 Å². The zero-order valence-corrected chi connectivity index (χ0v) is 23.7. The molecule has 1 fully saturated rings. The second-order valence-electron chi connectivity index (χ2n) is 9.49. The largest absolute Gasteiger partial charge is 0.466 e. The van der Waals surface area contributed by atoms with E-state index >= 15 is 0 Å². The zero-order chi connectivity index (χ0) is 27.1. The summed E-state index contributed by atoms with van der Waals surface area (Å²) in [6, 6.07) is -0.166. The van der Waals surface area contributed by atoms with Crippen molar-refractivity contribution in [2.75, 3.05) is 39.5 Å². The van der Waals surface area contributed by atoms with E-state index in [-0.39, 0.29) is 49.4 Å². The highest BCUT2D eigenvalue weighted by atomic mass is 16.8. The second kappa shape index (κ2) is 22.7. The molecule has 218 valence electrons. The maximum absolute atomic E-state index is 12.3. The Hall–Kier alpha value is -1.30. The van der Waals surface area contributed by atoms with Gasteiger partial charge in [-0.3, -0.25) is 14.9 Å². The molecule has 0 amide bonds. The average Bonchev–Trinajstić information content (AvgIpc) is 3.65. The van der Waals surface area contributed by atoms with Crippen molar-refractivity contribution in [2.45, 2.75) is 123 Å². The minimum Gasteiger partial charge on any atom is -0.466 e. The van der Waals surface area contributed by atoms with Crippen LogP contribution in [0.15, 0.2) is 0 Å². The van der Waals surface area contributed by atoms with Gasteiger partial charge in [-0.15, -0.1) is 0 Å². The van der Waals surface area contributed by atoms with Crippen molar-refractivity contribution in [3.8, 4) is 0 Å². The van der Waals surface area contributed by atoms with E-state index in [2.05, 4.69) is 43.8 Å². The number of unbranched alkanes of at least 4 members (excludes halogenated alkanes) is 4. The smallest absolute Gasteiger partial charge is 0.308 e. The molecule has 0 aromatic heterocycles. The number of hydroxylamine groups is 1. The maximum atomic E-state index is 12.3. The normalized spacial score (nSPS) is 18.4. The van der Waals surface area contributed by atoms with Crippen LogP contribution in [0.4, 0.5) is 0 Å². The monoisotopic (exact) mass is 531 g/mol. The number of hydrogen-bond donors (Lipinski definition) is 3. The first kappa shape index (κ1) is 33.7. The van der Waals surface area contributed by atoms with E-state index in [0.717, 1.165) is 57.8 Å². The van der Waals surface area contributed by atoms with E-state index in [0.29, 0.717) is 39.5 Å². The van der Waals surface area contributed by atoms with Gasteiger partial charge in [-0.1, -0.05) is 53.4 Å². The molecule has 10 nitrogen and oxygen atoms in total. The molecule has 1 heterocycles. The Morgan fingerprint density at radius 1 is 0.730 bits per heavy atom. The van der Waals surface area contributed by atoms with E-state index in [9.17, 15) is 9.59 Å². The summed E-state index contributed by atoms with van der Waals surface area (Å²) in [5.41, 5.74) is 2.95. The van der Waals surface area contributed by atoms with E-state index in [1.54, 1.807) is 0 Å². The van der Waals surface area contributed by atoms with Crippen LogP contribution in [0.25, 0.3) is 0 Å². The summed E-state index contributed by atoms with van der Waals surface area (Å²) in [6.45, 7) is 11.8. The predicted molar refractivity (Wildman–Crippen MR) is 143 cm³/mol. The van der Waals surface area contributed by atoms with Gasteiger partial charge in [-0.05, 0) is 45.2 Å². The van der Waals surface area contributed by atoms with Gasteiger partial charge in [0, 0.05) is 12.6 Å². The quantitative estimate of drug-likeness (QED) is 0.0502. The van der Waals surface area contributed by atoms with Crippen molar-refractivity contribution in [3.05, 3.63) is 0 Å². The third kappa shape index (κ3) is 17.8. The van der Waals surface area contributed by atoms with Crippen molar-refractivity contribution in [3.63, 3.8) is 0 Å². The Morgan fingerprint density at radius 3 is 1.95 bits per heavy atom. The molecular formula is C27H53N3O7. The summed E-state index contributed by atoms with van der Waals surface area (Å²) in [5.74, 6) is -0.473. The fraction of sp³-hybridized carbons (Fsp3) is 0.926. The molecule has 0 saturated carbocycles. The molecule has 3 N–H and O–H groups in total. The van der Waals surface area contributed by atoms with Crippen LogP contribution in [0.3, 0.4) is 0 Å². The average molecular weight is 532 g/mol. The molecule has 37 heavy (non-hydrogen) atoms. The molecule has 0 bridgehead atoms. The highest BCUT2D eigenvalue weighted by molar-refractivity contribution is 5.70. The van der Waals surface area contributed by atoms with Gasteiger partial charge in [0.15, 0.2) is 6.29 Å². The highest BCUT2D eigenvalue weighted by Gasteiger charge is 2.46. The fourth-order valence-corrected chi connectivity index (χ4v) is 3.48. The van der Waals surface area contributed by atoms with Crippen LogP contribution in [-0.2, 0) is 33.4 Å². The van der Waals surface area contributed by atoms with Crippen LogP contribution in [0.2, 0.25) is 0 Å². The lowest BCUT2D eigenvalue weighted by Crippen LogP contribution is -2.45. The van der Waals surface area contributed by atoms with Gasteiger partial charge in [0.05, 0.1) is 38.8 Å². The number of esters is 2. The lowest BCUT2D eigenvalue weighted by Gasteiger charge is -2.20. The summed E-state index contributed by atoms with van der Waals surface area (Å²) in [4.78, 5) is 30.0. The minimum absolute atomic E-state index is 0.150. The maximum Gasteiger partial charge on any atom is 0.308 e. The molecule has 2 unspecified atom stereocenters. The Kier molecular flexibility index (Phi) is 20.7. The Labute approximate surface area is 224 Å². The van der Waals surface area contributed by atoms with Crippen molar-refractivity contribution in [1.29, 1.82) is 0 Å². The van der Waals surface area contributed by atoms with Crippen molar-refractivity contribution < 1.29 is 33.4 Å². The predicted octanol–water partition coefficient (Wildman–Crippen LogP) is 3.58. The van der Waals surface area contributed by atoms with Crippen molar-refractivity contribution >= 4 is 11.9 Å². The van der Waals surface area contributed by atoms with Crippen LogP contribution in [-0.4, -0.2) is 76.1 Å². The molecule has 0 radical (unpaired) electrons. The molecule has 0 spiro atoms. The summed E-state index contributed by atoms with van der Waals surface area (Å²) in [5, 5.41) is 6.77. The van der Waals surface area contributed by atoms with Gasteiger partial charge >= 0.3 is 11.9 Å². The number of carbonyl (C=O) groups is 2. The number of carbonyl (C=O) groups excluding carboxylic acids is 2. The number of hydrogen-bond acceptors (Lipinski definition) is 10. The third-order valence-electron chi connectivity index (χ3n) is 5.92. The highest BCUT2D eigenvalue weighted by Crippen LogP contribution is 2.28. The molecule has 10 heteroatoms. The summed E-state index contributed by atoms with van der Waals surface area (Å²) >= 11 is 0. The Bertz CT molecular complexity index is 582. The molecule has 0 aliphatic carbocycles. The molecular weight excluding hydrogens is 478 g/mol. The van der Waals surface area contributed by atoms with Gasteiger partial charge in [0.1, 0.15) is 6.10 Å². The summed E-state index contributed by atoms with van der Waals surface area (Å²) < 4.78 is 22.1. The third-order valence-corrected chi connectivity index (χ3v) is 5.92. The molecule has 0 aromatic carbocycles. The number of rotatable bonds is 26. The van der Waals surface area contributed by atoms with Gasteiger partial charge in [0.25, 0.3) is 0 Å². The first-order chi connectivity index (χ1) is 18.0. The Balaban J connectivity index is 2.45. The van der Waals surface area contributed by atoms with Gasteiger partial charge in [-0.25, -0.2) is 0 Å². The fourth-order valence-electron chi connectivity index (χ4n) is 3.48. The van der Waals surface area contributed by atoms with Gasteiger partial charge in [0.2, 0.25) is 0 Å². The lowest BCUT2D eigenvalue weighted by molar-refractivity contribution is -0.146. The summed E-state index contributed by atoms with van der Waals surface area (Å²) in [7, 11) is 0. The van der Waals surface area contributed by atoms with Gasteiger partial charge in [-0.2, -0.15) is 5.48 Å². The number of epoxide rings is 1. The van der Waals surface area contributed by atoms with E-state index in [1.165, 1.54) is 0 Å². The number of nitrogens with one attached hydrogen (secondary N) is 3. The minimum atomic E-state index is -0.335. The SMILES string of the molecule is CCCCON[C@@H](CC(=O)OCCCC)NCCCN[C@@H](CC(=O)OCCCC)C1OC1OCCCC. The molecule has 4 atom stereocenters. The molecule has 1 rings (SSSR count). The van der Waals surface area contributed by atoms with E-state index < -0.39 is 0 Å². The van der Waals surface area contributed by atoms with E-state index in [1.807, 2.05) is 0 Å². The molecule has 1 saturated heterocycles. The van der Waals surface area contributed by atoms with Crippen LogP contribution in [0.1, 0.15) is 98.3 Å². The van der Waals surface area contributed by atoms with Crippen LogP contribution >= 0.6 is 0 Å². The molecule has 0 aromatic rings. The number of ether oxygens (including phenoxy) is 4. The standard InChI is InChI=1S/C27H53N3O7/c1-5-9-16-33-24(31)20-22(26-27(37-26)35-18-11-7-3)28-14-13-15-29-23(30-36-19-12-8-4)21-25(32)34-17-10-6-2/h22-23,26-30H,5-21H2,1-4H3/t22-,23-,26?,27?/m0/s1. The first-order valence-electron chi connectivity index (χ1n) is 14.5. The first-order valence-corrected chi connectivity index (χ1v) is 14.5. The van der Waals surface area contributed by atoms with Crippen LogP contribution in [0, 0.1) is 0 Å². The zero-order valence-electron chi connectivity index (χ0n) is 23.7. The van der Waals surface area contributed by atoms with Crippen LogP contribution < -0.4 is 16.1 Å². The van der Waals surface area contributed by atoms with Crippen molar-refractivity contribution in [1.82, 2.24) is 16.1 Å². The molecule has 1 aliphatic rings. The van der Waals surface area contributed by atoms with E-state index in [4.69, 9.17) is 23.8 Å². The van der Waals surface area contributed by atoms with Crippen molar-refractivity contribution in [2.24, 2.45) is 0 Å². The topological polar surface area (TPSA) is 120 Å². The summed E-state index contributed by atoms with van der Waals surface area (Å²) in [6.07, 6.45) is 8.17.